The first-order chi connectivity index (χ1) is 8.86. The average Bonchev–Trinajstić information content (AvgIpc) is 2.46. The van der Waals surface area contributed by atoms with Gasteiger partial charge in [-0.3, -0.25) is 4.90 Å². The molecule has 1 saturated heterocycles. The van der Waals surface area contributed by atoms with Crippen molar-refractivity contribution < 1.29 is 4.74 Å². The SMILES string of the molecule is CCC(COC)N1CCNCC1c1ccccc1. The molecule has 0 aliphatic carbocycles. The topological polar surface area (TPSA) is 24.5 Å². The van der Waals surface area contributed by atoms with Crippen LogP contribution in [0.5, 0.6) is 0 Å². The molecule has 2 atom stereocenters. The van der Waals surface area contributed by atoms with Crippen LogP contribution in [0, 0.1) is 0 Å². The molecule has 1 fully saturated rings. The number of rotatable bonds is 5. The predicted octanol–water partition coefficient (Wildman–Crippen LogP) is 2.06. The van der Waals surface area contributed by atoms with Crippen molar-refractivity contribution >= 4 is 0 Å². The second kappa shape index (κ2) is 6.88. The molecular weight excluding hydrogens is 224 g/mol. The summed E-state index contributed by atoms with van der Waals surface area (Å²) in [7, 11) is 1.79. The van der Waals surface area contributed by atoms with E-state index in [1.165, 1.54) is 5.56 Å². The lowest BCUT2D eigenvalue weighted by Gasteiger charge is -2.41. The molecule has 0 saturated carbocycles. The summed E-state index contributed by atoms with van der Waals surface area (Å²) in [6, 6.07) is 11.8. The van der Waals surface area contributed by atoms with Crippen LogP contribution in [0.1, 0.15) is 24.9 Å². The van der Waals surface area contributed by atoms with E-state index in [1.807, 2.05) is 0 Å². The molecule has 1 N–H and O–H groups in total. The summed E-state index contributed by atoms with van der Waals surface area (Å²) < 4.78 is 5.37. The van der Waals surface area contributed by atoms with Gasteiger partial charge in [-0.25, -0.2) is 0 Å². The summed E-state index contributed by atoms with van der Waals surface area (Å²) in [5.74, 6) is 0. The minimum absolute atomic E-state index is 0.472. The number of methoxy groups -OCH3 is 1. The Kier molecular flexibility index (Phi) is 5.17. The molecular formula is C15H24N2O. The second-order valence-corrected chi connectivity index (χ2v) is 4.89. The maximum absolute atomic E-state index is 5.37. The molecule has 18 heavy (non-hydrogen) atoms. The van der Waals surface area contributed by atoms with E-state index in [-0.39, 0.29) is 0 Å². The number of hydrogen-bond donors (Lipinski definition) is 1. The molecule has 3 heteroatoms. The number of nitrogens with one attached hydrogen (secondary N) is 1. The minimum Gasteiger partial charge on any atom is -0.383 e. The summed E-state index contributed by atoms with van der Waals surface area (Å²) in [6.07, 6.45) is 1.14. The highest BCUT2D eigenvalue weighted by atomic mass is 16.5. The molecule has 0 spiro atoms. The molecule has 2 rings (SSSR count). The van der Waals surface area contributed by atoms with Crippen LogP contribution in [0.15, 0.2) is 30.3 Å². The van der Waals surface area contributed by atoms with Gasteiger partial charge in [0.1, 0.15) is 0 Å². The summed E-state index contributed by atoms with van der Waals surface area (Å²) in [5.41, 5.74) is 1.40. The third-order valence-electron chi connectivity index (χ3n) is 3.77. The number of hydrogen-bond acceptors (Lipinski definition) is 3. The van der Waals surface area contributed by atoms with Gasteiger partial charge in [-0.2, -0.15) is 0 Å². The molecule has 2 unspecified atom stereocenters. The average molecular weight is 248 g/mol. The van der Waals surface area contributed by atoms with Crippen molar-refractivity contribution in [2.24, 2.45) is 0 Å². The minimum atomic E-state index is 0.472. The predicted molar refractivity (Wildman–Crippen MR) is 74.7 cm³/mol. The quantitative estimate of drug-likeness (QED) is 0.863. The highest BCUT2D eigenvalue weighted by molar-refractivity contribution is 5.20. The molecule has 1 aromatic carbocycles. The number of nitrogens with zero attached hydrogens (tertiary/aromatic N) is 1. The fraction of sp³-hybridized carbons (Fsp3) is 0.600. The van der Waals surface area contributed by atoms with Gasteiger partial charge in [0.05, 0.1) is 6.61 Å². The van der Waals surface area contributed by atoms with Gasteiger partial charge in [0, 0.05) is 38.8 Å². The highest BCUT2D eigenvalue weighted by Crippen LogP contribution is 2.25. The monoisotopic (exact) mass is 248 g/mol. The number of benzene rings is 1. The molecule has 0 radical (unpaired) electrons. The Labute approximate surface area is 110 Å². The van der Waals surface area contributed by atoms with Gasteiger partial charge < -0.3 is 10.1 Å². The zero-order valence-electron chi connectivity index (χ0n) is 11.4. The van der Waals surface area contributed by atoms with E-state index in [2.05, 4.69) is 47.5 Å². The van der Waals surface area contributed by atoms with Crippen molar-refractivity contribution in [3.05, 3.63) is 35.9 Å². The first-order valence-electron chi connectivity index (χ1n) is 6.87. The van der Waals surface area contributed by atoms with E-state index in [1.54, 1.807) is 7.11 Å². The third-order valence-corrected chi connectivity index (χ3v) is 3.77. The fourth-order valence-electron chi connectivity index (χ4n) is 2.78. The maximum Gasteiger partial charge on any atom is 0.0618 e. The Hall–Kier alpha value is -0.900. The fourth-order valence-corrected chi connectivity index (χ4v) is 2.78. The van der Waals surface area contributed by atoms with Crippen LogP contribution >= 0.6 is 0 Å². The molecule has 100 valence electrons. The molecule has 0 amide bonds. The Morgan fingerprint density at radius 3 is 2.83 bits per heavy atom. The van der Waals surface area contributed by atoms with Gasteiger partial charge in [0.2, 0.25) is 0 Å². The second-order valence-electron chi connectivity index (χ2n) is 4.89. The Morgan fingerprint density at radius 1 is 1.39 bits per heavy atom. The lowest BCUT2D eigenvalue weighted by atomic mass is 10.0. The summed E-state index contributed by atoms with van der Waals surface area (Å²) in [6.45, 7) is 6.27. The largest absolute Gasteiger partial charge is 0.383 e. The van der Waals surface area contributed by atoms with Crippen LogP contribution in [-0.2, 0) is 4.74 Å². The van der Waals surface area contributed by atoms with E-state index < -0.39 is 0 Å². The Bertz CT molecular complexity index is 342. The molecule has 1 aliphatic heterocycles. The first kappa shape index (κ1) is 13.5. The van der Waals surface area contributed by atoms with Gasteiger partial charge in [-0.05, 0) is 12.0 Å². The third kappa shape index (κ3) is 3.10. The van der Waals surface area contributed by atoms with Crippen molar-refractivity contribution in [1.29, 1.82) is 0 Å². The molecule has 3 nitrogen and oxygen atoms in total. The Morgan fingerprint density at radius 2 is 2.17 bits per heavy atom. The van der Waals surface area contributed by atoms with Crippen LogP contribution < -0.4 is 5.32 Å². The van der Waals surface area contributed by atoms with E-state index in [0.717, 1.165) is 32.7 Å². The summed E-state index contributed by atoms with van der Waals surface area (Å²) in [5, 5.41) is 3.50. The maximum atomic E-state index is 5.37. The molecule has 0 bridgehead atoms. The first-order valence-corrected chi connectivity index (χ1v) is 6.87. The van der Waals surface area contributed by atoms with Crippen molar-refractivity contribution in [3.63, 3.8) is 0 Å². The standard InChI is InChI=1S/C15H24N2O/c1-3-14(12-18-2)17-10-9-16-11-15(17)13-7-5-4-6-8-13/h4-8,14-16H,3,9-12H2,1-2H3. The van der Waals surface area contributed by atoms with Crippen LogP contribution in [0.3, 0.4) is 0 Å². The van der Waals surface area contributed by atoms with E-state index >= 15 is 0 Å². The van der Waals surface area contributed by atoms with Gasteiger partial charge in [0.25, 0.3) is 0 Å². The van der Waals surface area contributed by atoms with Gasteiger partial charge in [-0.15, -0.1) is 0 Å². The summed E-state index contributed by atoms with van der Waals surface area (Å²) >= 11 is 0. The zero-order valence-corrected chi connectivity index (χ0v) is 11.4. The normalized spacial score (nSPS) is 22.9. The van der Waals surface area contributed by atoms with Gasteiger partial charge >= 0.3 is 0 Å². The number of ether oxygens (including phenoxy) is 1. The molecule has 1 aromatic rings. The van der Waals surface area contributed by atoms with E-state index in [0.29, 0.717) is 12.1 Å². The molecule has 0 aromatic heterocycles. The van der Waals surface area contributed by atoms with Crippen molar-refractivity contribution in [1.82, 2.24) is 10.2 Å². The van der Waals surface area contributed by atoms with Crippen molar-refractivity contribution in [2.45, 2.75) is 25.4 Å². The summed E-state index contributed by atoms with van der Waals surface area (Å²) in [4.78, 5) is 2.59. The van der Waals surface area contributed by atoms with Crippen LogP contribution in [-0.4, -0.2) is 44.3 Å². The molecule has 1 aliphatic rings. The van der Waals surface area contributed by atoms with Crippen LogP contribution in [0.2, 0.25) is 0 Å². The zero-order chi connectivity index (χ0) is 12.8. The number of piperazine rings is 1. The van der Waals surface area contributed by atoms with Crippen molar-refractivity contribution in [2.75, 3.05) is 33.4 Å². The van der Waals surface area contributed by atoms with Gasteiger partial charge in [-0.1, -0.05) is 37.3 Å². The molecule has 1 heterocycles. The highest BCUT2D eigenvalue weighted by Gasteiger charge is 2.28. The van der Waals surface area contributed by atoms with Crippen LogP contribution in [0.4, 0.5) is 0 Å². The Balaban J connectivity index is 2.15. The van der Waals surface area contributed by atoms with E-state index in [4.69, 9.17) is 4.74 Å². The van der Waals surface area contributed by atoms with E-state index in [9.17, 15) is 0 Å². The lowest BCUT2D eigenvalue weighted by molar-refractivity contribution is 0.0444. The smallest absolute Gasteiger partial charge is 0.0618 e. The van der Waals surface area contributed by atoms with Crippen LogP contribution in [0.25, 0.3) is 0 Å². The lowest BCUT2D eigenvalue weighted by Crippen LogP contribution is -2.51. The van der Waals surface area contributed by atoms with Crippen molar-refractivity contribution in [3.8, 4) is 0 Å². The van der Waals surface area contributed by atoms with Gasteiger partial charge in [0.15, 0.2) is 0 Å².